The maximum atomic E-state index is 5.36. The molecule has 1 fully saturated rings. The Hall–Kier alpha value is -1.70. The van der Waals surface area contributed by atoms with E-state index in [2.05, 4.69) is 54.4 Å². The van der Waals surface area contributed by atoms with Crippen LogP contribution in [0.3, 0.4) is 0 Å². The fourth-order valence-electron chi connectivity index (χ4n) is 2.51. The van der Waals surface area contributed by atoms with E-state index in [0.29, 0.717) is 0 Å². The summed E-state index contributed by atoms with van der Waals surface area (Å²) in [6, 6.07) is 8.07. The molecule has 2 N–H and O–H groups in total. The molecule has 2 aromatic rings. The molecule has 1 aliphatic rings. The lowest BCUT2D eigenvalue weighted by Crippen LogP contribution is -2.39. The molecule has 6 nitrogen and oxygen atoms in total. The Morgan fingerprint density at radius 1 is 1.17 bits per heavy atom. The number of halogens is 1. The number of benzene rings is 1. The summed E-state index contributed by atoms with van der Waals surface area (Å²) in [7, 11) is 0. The monoisotopic (exact) mass is 391 g/mol. The fraction of sp³-hybridized carbons (Fsp3) is 0.412. The van der Waals surface area contributed by atoms with Gasteiger partial charge in [-0.1, -0.05) is 22.0 Å². The molecule has 24 heavy (non-hydrogen) atoms. The molecule has 0 saturated carbocycles. The molecule has 1 aliphatic heterocycles. The van der Waals surface area contributed by atoms with Crippen molar-refractivity contribution in [1.29, 1.82) is 0 Å². The highest BCUT2D eigenvalue weighted by Crippen LogP contribution is 2.23. The predicted molar refractivity (Wildman–Crippen MR) is 99.9 cm³/mol. The number of nitrogens with one attached hydrogen (secondary N) is 2. The van der Waals surface area contributed by atoms with Gasteiger partial charge in [0, 0.05) is 42.4 Å². The predicted octanol–water partition coefficient (Wildman–Crippen LogP) is 3.04. The summed E-state index contributed by atoms with van der Waals surface area (Å²) in [6.45, 7) is 7.56. The summed E-state index contributed by atoms with van der Waals surface area (Å²) in [4.78, 5) is 11.0. The quantitative estimate of drug-likeness (QED) is 0.788. The molecule has 0 unspecified atom stereocenters. The Morgan fingerprint density at radius 3 is 2.75 bits per heavy atom. The van der Waals surface area contributed by atoms with E-state index in [4.69, 9.17) is 4.74 Å². The highest BCUT2D eigenvalue weighted by Gasteiger charge is 2.09. The average molecular weight is 392 g/mol. The maximum Gasteiger partial charge on any atom is 0.135 e. The molecule has 0 radical (unpaired) electrons. The summed E-state index contributed by atoms with van der Waals surface area (Å²) < 4.78 is 6.43. The first-order valence-electron chi connectivity index (χ1n) is 8.10. The highest BCUT2D eigenvalue weighted by atomic mass is 79.9. The van der Waals surface area contributed by atoms with Gasteiger partial charge in [0.1, 0.15) is 18.0 Å². The van der Waals surface area contributed by atoms with Crippen molar-refractivity contribution in [2.75, 3.05) is 50.0 Å². The molecule has 7 heteroatoms. The van der Waals surface area contributed by atoms with Crippen LogP contribution in [0.4, 0.5) is 17.3 Å². The van der Waals surface area contributed by atoms with Crippen LogP contribution < -0.4 is 10.6 Å². The zero-order valence-electron chi connectivity index (χ0n) is 13.8. The Kier molecular flexibility index (Phi) is 6.01. The number of ether oxygens (including phenoxy) is 1. The Morgan fingerprint density at radius 2 is 1.96 bits per heavy atom. The van der Waals surface area contributed by atoms with Crippen molar-refractivity contribution in [3.8, 4) is 0 Å². The van der Waals surface area contributed by atoms with Crippen molar-refractivity contribution < 1.29 is 4.74 Å². The van der Waals surface area contributed by atoms with Crippen LogP contribution in [0.25, 0.3) is 0 Å². The molecule has 0 bridgehead atoms. The van der Waals surface area contributed by atoms with E-state index in [1.54, 1.807) is 6.33 Å². The second-order valence-electron chi connectivity index (χ2n) is 5.76. The van der Waals surface area contributed by atoms with Crippen LogP contribution in [0.5, 0.6) is 0 Å². The van der Waals surface area contributed by atoms with Crippen LogP contribution in [0.2, 0.25) is 0 Å². The van der Waals surface area contributed by atoms with Gasteiger partial charge in [-0.2, -0.15) is 0 Å². The van der Waals surface area contributed by atoms with Gasteiger partial charge < -0.3 is 15.4 Å². The molecule has 0 atom stereocenters. The number of aromatic nitrogens is 2. The van der Waals surface area contributed by atoms with Crippen LogP contribution >= 0.6 is 15.9 Å². The van der Waals surface area contributed by atoms with Crippen LogP contribution in [-0.2, 0) is 4.74 Å². The third-order valence-corrected chi connectivity index (χ3v) is 4.80. The van der Waals surface area contributed by atoms with Gasteiger partial charge in [-0.3, -0.25) is 4.90 Å². The summed E-state index contributed by atoms with van der Waals surface area (Å²) in [5.41, 5.74) is 2.19. The van der Waals surface area contributed by atoms with E-state index >= 15 is 0 Å². The number of nitrogens with zero attached hydrogens (tertiary/aromatic N) is 3. The summed E-state index contributed by atoms with van der Waals surface area (Å²) in [5, 5.41) is 6.66. The number of morpholine rings is 1. The lowest BCUT2D eigenvalue weighted by Gasteiger charge is -2.26. The molecule has 0 spiro atoms. The molecule has 0 aliphatic carbocycles. The SMILES string of the molecule is Cc1ccc(Nc2cc(NCCN3CCOCC3)ncn2)cc1Br. The van der Waals surface area contributed by atoms with Gasteiger partial charge in [-0.25, -0.2) is 9.97 Å². The lowest BCUT2D eigenvalue weighted by atomic mass is 10.2. The molecule has 1 aromatic carbocycles. The lowest BCUT2D eigenvalue weighted by molar-refractivity contribution is 0.0398. The van der Waals surface area contributed by atoms with E-state index in [0.717, 1.165) is 61.2 Å². The number of aryl methyl sites for hydroxylation is 1. The molecule has 1 saturated heterocycles. The zero-order chi connectivity index (χ0) is 16.8. The van der Waals surface area contributed by atoms with Gasteiger partial charge in [0.05, 0.1) is 13.2 Å². The molecule has 1 aromatic heterocycles. The standard InChI is InChI=1S/C17H22BrN5O/c1-13-2-3-14(10-15(13)18)22-17-11-16(20-12-21-17)19-4-5-23-6-8-24-9-7-23/h2-3,10-12H,4-9H2,1H3,(H2,19,20,21,22). The molecular formula is C17H22BrN5O. The van der Waals surface area contributed by atoms with E-state index in [9.17, 15) is 0 Å². The second kappa shape index (κ2) is 8.41. The minimum atomic E-state index is 0.773. The number of hydrogen-bond donors (Lipinski definition) is 2. The summed E-state index contributed by atoms with van der Waals surface area (Å²) in [5.74, 6) is 1.60. The number of hydrogen-bond acceptors (Lipinski definition) is 6. The largest absolute Gasteiger partial charge is 0.379 e. The zero-order valence-corrected chi connectivity index (χ0v) is 15.3. The van der Waals surface area contributed by atoms with Crippen molar-refractivity contribution in [2.45, 2.75) is 6.92 Å². The molecule has 128 valence electrons. The van der Waals surface area contributed by atoms with Gasteiger partial charge in [0.15, 0.2) is 0 Å². The third-order valence-electron chi connectivity index (χ3n) is 3.95. The fourth-order valence-corrected chi connectivity index (χ4v) is 2.89. The van der Waals surface area contributed by atoms with Crippen LogP contribution in [0, 0.1) is 6.92 Å². The smallest absolute Gasteiger partial charge is 0.135 e. The van der Waals surface area contributed by atoms with Crippen molar-refractivity contribution in [3.05, 3.63) is 40.6 Å². The highest BCUT2D eigenvalue weighted by molar-refractivity contribution is 9.10. The van der Waals surface area contributed by atoms with Crippen LogP contribution in [0.1, 0.15) is 5.56 Å². The van der Waals surface area contributed by atoms with E-state index < -0.39 is 0 Å². The van der Waals surface area contributed by atoms with Crippen molar-refractivity contribution in [2.24, 2.45) is 0 Å². The van der Waals surface area contributed by atoms with Crippen molar-refractivity contribution in [1.82, 2.24) is 14.9 Å². The minimum absolute atomic E-state index is 0.773. The van der Waals surface area contributed by atoms with Gasteiger partial charge in [0.25, 0.3) is 0 Å². The number of anilines is 3. The first-order chi connectivity index (χ1) is 11.7. The van der Waals surface area contributed by atoms with Gasteiger partial charge in [-0.15, -0.1) is 0 Å². The van der Waals surface area contributed by atoms with E-state index in [1.165, 1.54) is 5.56 Å². The molecule has 2 heterocycles. The van der Waals surface area contributed by atoms with Gasteiger partial charge in [0.2, 0.25) is 0 Å². The molecule has 3 rings (SSSR count). The van der Waals surface area contributed by atoms with Crippen molar-refractivity contribution >= 4 is 33.3 Å². The Bertz CT molecular complexity index is 676. The normalized spacial score (nSPS) is 15.2. The summed E-state index contributed by atoms with van der Waals surface area (Å²) >= 11 is 3.55. The third kappa shape index (κ3) is 4.90. The maximum absolute atomic E-state index is 5.36. The average Bonchev–Trinajstić information content (AvgIpc) is 2.60. The number of rotatable bonds is 6. The first-order valence-corrected chi connectivity index (χ1v) is 8.89. The topological polar surface area (TPSA) is 62.3 Å². The Balaban J connectivity index is 1.54. The van der Waals surface area contributed by atoms with Crippen LogP contribution in [-0.4, -0.2) is 54.3 Å². The summed E-state index contributed by atoms with van der Waals surface area (Å²) in [6.07, 6.45) is 1.57. The molecule has 0 amide bonds. The first kappa shape index (κ1) is 17.1. The van der Waals surface area contributed by atoms with Gasteiger partial charge >= 0.3 is 0 Å². The second-order valence-corrected chi connectivity index (χ2v) is 6.61. The van der Waals surface area contributed by atoms with E-state index in [-0.39, 0.29) is 0 Å². The van der Waals surface area contributed by atoms with Crippen molar-refractivity contribution in [3.63, 3.8) is 0 Å². The minimum Gasteiger partial charge on any atom is -0.379 e. The van der Waals surface area contributed by atoms with Crippen LogP contribution in [0.15, 0.2) is 35.1 Å². The van der Waals surface area contributed by atoms with Gasteiger partial charge in [-0.05, 0) is 24.6 Å². The molecular weight excluding hydrogens is 370 g/mol. The van der Waals surface area contributed by atoms with E-state index in [1.807, 2.05) is 18.2 Å². The Labute approximate surface area is 150 Å².